The second-order valence-electron chi connectivity index (χ2n) is 4.09. The van der Waals surface area contributed by atoms with Gasteiger partial charge in [0.05, 0.1) is 16.1 Å². The number of hydrogen-bond donors (Lipinski definition) is 2. The van der Waals surface area contributed by atoms with Gasteiger partial charge in [-0.25, -0.2) is 4.98 Å². The Morgan fingerprint density at radius 1 is 1.35 bits per heavy atom. The van der Waals surface area contributed by atoms with Gasteiger partial charge in [-0.2, -0.15) is 0 Å². The van der Waals surface area contributed by atoms with Crippen LogP contribution in [0.4, 0.5) is 11.6 Å². The summed E-state index contributed by atoms with van der Waals surface area (Å²) in [4.78, 5) is 6.48. The average molecular weight is 276 g/mol. The van der Waals surface area contributed by atoms with Gasteiger partial charge in [-0.3, -0.25) is 0 Å². The molecule has 1 aliphatic heterocycles. The Labute approximate surface area is 111 Å². The van der Waals surface area contributed by atoms with E-state index in [4.69, 9.17) is 23.2 Å². The van der Waals surface area contributed by atoms with Crippen molar-refractivity contribution in [2.24, 2.45) is 0 Å². The number of pyridine rings is 1. The molecule has 0 amide bonds. The Balaban J connectivity index is 2.25. The zero-order chi connectivity index (χ0) is 12.4. The van der Waals surface area contributed by atoms with Crippen molar-refractivity contribution in [2.45, 2.75) is 18.9 Å². The highest BCUT2D eigenvalue weighted by Gasteiger charge is 2.21. The number of rotatable bonds is 2. The minimum atomic E-state index is -0.207. The number of aliphatic hydroxyl groups excluding tert-OH is 1. The lowest BCUT2D eigenvalue weighted by molar-refractivity contribution is 0.145. The van der Waals surface area contributed by atoms with Crippen LogP contribution in [0.15, 0.2) is 6.07 Å². The zero-order valence-corrected chi connectivity index (χ0v) is 11.1. The molecule has 0 unspecified atom stereocenters. The lowest BCUT2D eigenvalue weighted by atomic mass is 10.1. The average Bonchev–Trinajstić information content (AvgIpc) is 2.31. The Hall–Kier alpha value is -0.710. The molecule has 1 aromatic rings. The van der Waals surface area contributed by atoms with Crippen LogP contribution in [0.2, 0.25) is 10.0 Å². The molecule has 17 heavy (non-hydrogen) atoms. The van der Waals surface area contributed by atoms with E-state index < -0.39 is 0 Å². The maximum atomic E-state index is 9.47. The van der Waals surface area contributed by atoms with Crippen molar-refractivity contribution >= 4 is 34.8 Å². The molecule has 0 spiro atoms. The third-order valence-corrected chi connectivity index (χ3v) is 3.48. The first-order chi connectivity index (χ1) is 8.11. The minimum absolute atomic E-state index is 0.207. The van der Waals surface area contributed by atoms with Crippen LogP contribution >= 0.6 is 23.2 Å². The van der Waals surface area contributed by atoms with Crippen LogP contribution in [-0.4, -0.2) is 36.3 Å². The summed E-state index contributed by atoms with van der Waals surface area (Å²) in [6.45, 7) is 1.53. The first-order valence-electron chi connectivity index (χ1n) is 5.58. The quantitative estimate of drug-likeness (QED) is 0.870. The molecule has 1 fully saturated rings. The summed E-state index contributed by atoms with van der Waals surface area (Å²) in [5.41, 5.74) is 0. The molecular formula is C11H15Cl2N3O. The summed E-state index contributed by atoms with van der Waals surface area (Å²) in [5, 5.41) is 13.5. The summed E-state index contributed by atoms with van der Waals surface area (Å²) in [5.74, 6) is 1.35. The predicted molar refractivity (Wildman–Crippen MR) is 71.3 cm³/mol. The van der Waals surface area contributed by atoms with Gasteiger partial charge in [0, 0.05) is 20.1 Å². The van der Waals surface area contributed by atoms with Gasteiger partial charge in [0.2, 0.25) is 0 Å². The molecule has 2 N–H and O–H groups in total. The fourth-order valence-corrected chi connectivity index (χ4v) is 2.50. The van der Waals surface area contributed by atoms with Crippen LogP contribution in [0.25, 0.3) is 0 Å². The van der Waals surface area contributed by atoms with E-state index in [0.717, 1.165) is 31.7 Å². The normalized spacial score (nSPS) is 17.3. The van der Waals surface area contributed by atoms with Crippen molar-refractivity contribution in [2.75, 3.05) is 30.4 Å². The Morgan fingerprint density at radius 2 is 2.00 bits per heavy atom. The molecule has 0 atom stereocenters. The molecule has 0 radical (unpaired) electrons. The van der Waals surface area contributed by atoms with Crippen molar-refractivity contribution in [3.63, 3.8) is 0 Å². The topological polar surface area (TPSA) is 48.4 Å². The van der Waals surface area contributed by atoms with E-state index in [1.807, 2.05) is 0 Å². The number of nitrogens with one attached hydrogen (secondary N) is 1. The number of halogens is 2. The molecule has 1 aliphatic rings. The van der Waals surface area contributed by atoms with Crippen molar-refractivity contribution in [3.05, 3.63) is 16.1 Å². The lowest BCUT2D eigenvalue weighted by Crippen LogP contribution is -2.36. The van der Waals surface area contributed by atoms with E-state index in [2.05, 4.69) is 15.2 Å². The van der Waals surface area contributed by atoms with Crippen molar-refractivity contribution in [1.29, 1.82) is 0 Å². The van der Waals surface area contributed by atoms with Crippen LogP contribution < -0.4 is 10.2 Å². The molecule has 4 nitrogen and oxygen atoms in total. The smallest absolute Gasteiger partial charge is 0.149 e. The van der Waals surface area contributed by atoms with Crippen LogP contribution in [0.1, 0.15) is 12.8 Å². The van der Waals surface area contributed by atoms with E-state index in [-0.39, 0.29) is 6.10 Å². The van der Waals surface area contributed by atoms with Gasteiger partial charge >= 0.3 is 0 Å². The summed E-state index contributed by atoms with van der Waals surface area (Å²) in [6, 6.07) is 1.70. The highest BCUT2D eigenvalue weighted by atomic mass is 35.5. The maximum Gasteiger partial charge on any atom is 0.149 e. The molecule has 6 heteroatoms. The Bertz CT molecular complexity index is 406. The number of piperidine rings is 1. The fourth-order valence-electron chi connectivity index (χ4n) is 1.93. The highest BCUT2D eigenvalue weighted by molar-refractivity contribution is 6.37. The van der Waals surface area contributed by atoms with Gasteiger partial charge in [-0.15, -0.1) is 0 Å². The van der Waals surface area contributed by atoms with E-state index in [9.17, 15) is 5.11 Å². The van der Waals surface area contributed by atoms with E-state index in [0.29, 0.717) is 15.9 Å². The minimum Gasteiger partial charge on any atom is -0.393 e. The van der Waals surface area contributed by atoms with Gasteiger partial charge < -0.3 is 15.3 Å². The molecule has 1 saturated heterocycles. The molecule has 0 aliphatic carbocycles. The van der Waals surface area contributed by atoms with Crippen LogP contribution in [0.3, 0.4) is 0 Å². The Morgan fingerprint density at radius 3 is 2.59 bits per heavy atom. The molecule has 0 bridgehead atoms. The molecule has 94 valence electrons. The van der Waals surface area contributed by atoms with Crippen molar-refractivity contribution in [1.82, 2.24) is 4.98 Å². The predicted octanol–water partition coefficient (Wildman–Crippen LogP) is 2.39. The van der Waals surface area contributed by atoms with Gasteiger partial charge in [-0.05, 0) is 18.9 Å². The number of nitrogens with zero attached hydrogens (tertiary/aromatic N) is 2. The van der Waals surface area contributed by atoms with E-state index in [1.165, 1.54) is 0 Å². The Kier molecular flexibility index (Phi) is 3.97. The molecule has 1 aromatic heterocycles. The van der Waals surface area contributed by atoms with Crippen LogP contribution in [-0.2, 0) is 0 Å². The van der Waals surface area contributed by atoms with E-state index in [1.54, 1.807) is 13.1 Å². The van der Waals surface area contributed by atoms with Crippen LogP contribution in [0.5, 0.6) is 0 Å². The number of anilines is 2. The van der Waals surface area contributed by atoms with Gasteiger partial charge in [0.15, 0.2) is 0 Å². The van der Waals surface area contributed by atoms with Crippen molar-refractivity contribution in [3.8, 4) is 0 Å². The van der Waals surface area contributed by atoms with Crippen LogP contribution in [0, 0.1) is 0 Å². The third-order valence-electron chi connectivity index (χ3n) is 2.91. The lowest BCUT2D eigenvalue weighted by Gasteiger charge is -2.31. The molecule has 2 heterocycles. The zero-order valence-electron chi connectivity index (χ0n) is 9.58. The first kappa shape index (κ1) is 12.7. The summed E-state index contributed by atoms with van der Waals surface area (Å²) in [7, 11) is 1.77. The maximum absolute atomic E-state index is 9.47. The standard InChI is InChI=1S/C11H15Cl2N3O/c1-14-10-8(12)6-9(13)11(15-10)16-4-2-7(17)3-5-16/h6-7,17H,2-5H2,1H3,(H,14,15). The van der Waals surface area contributed by atoms with E-state index >= 15 is 0 Å². The second kappa shape index (κ2) is 5.29. The largest absolute Gasteiger partial charge is 0.393 e. The number of aromatic nitrogens is 1. The van der Waals surface area contributed by atoms with Crippen molar-refractivity contribution < 1.29 is 5.11 Å². The second-order valence-corrected chi connectivity index (χ2v) is 4.91. The summed E-state index contributed by atoms with van der Waals surface area (Å²) < 4.78 is 0. The number of hydrogen-bond acceptors (Lipinski definition) is 4. The number of aliphatic hydroxyl groups is 1. The summed E-state index contributed by atoms with van der Waals surface area (Å²) >= 11 is 12.1. The molecular weight excluding hydrogens is 261 g/mol. The SMILES string of the molecule is CNc1nc(N2CCC(O)CC2)c(Cl)cc1Cl. The monoisotopic (exact) mass is 275 g/mol. The third kappa shape index (κ3) is 2.76. The molecule has 0 saturated carbocycles. The van der Waals surface area contributed by atoms with Gasteiger partial charge in [0.25, 0.3) is 0 Å². The molecule has 2 rings (SSSR count). The van der Waals surface area contributed by atoms with Gasteiger partial charge in [-0.1, -0.05) is 23.2 Å². The highest BCUT2D eigenvalue weighted by Crippen LogP contribution is 2.32. The first-order valence-corrected chi connectivity index (χ1v) is 6.34. The van der Waals surface area contributed by atoms with Gasteiger partial charge in [0.1, 0.15) is 11.6 Å². The molecule has 0 aromatic carbocycles. The fraction of sp³-hybridized carbons (Fsp3) is 0.545. The summed E-state index contributed by atoms with van der Waals surface area (Å²) in [6.07, 6.45) is 1.28.